The van der Waals surface area contributed by atoms with Crippen molar-refractivity contribution in [2.45, 2.75) is 31.8 Å². The van der Waals surface area contributed by atoms with Crippen molar-refractivity contribution in [1.29, 1.82) is 0 Å². The lowest BCUT2D eigenvalue weighted by Crippen LogP contribution is -2.23. The van der Waals surface area contributed by atoms with E-state index in [1.807, 2.05) is 19.2 Å². The molecular formula is C11H17N3. The first-order chi connectivity index (χ1) is 6.70. The van der Waals surface area contributed by atoms with Gasteiger partial charge in [0.1, 0.15) is 5.82 Å². The van der Waals surface area contributed by atoms with Gasteiger partial charge in [-0.1, -0.05) is 6.07 Å². The maximum absolute atomic E-state index is 5.91. The average molecular weight is 191 g/mol. The van der Waals surface area contributed by atoms with Crippen LogP contribution in [0.4, 0.5) is 5.82 Å². The normalized spacial score (nSPS) is 17.9. The van der Waals surface area contributed by atoms with Crippen molar-refractivity contribution < 1.29 is 0 Å². The lowest BCUT2D eigenvalue weighted by Gasteiger charge is -2.21. The molecule has 2 N–H and O–H groups in total. The van der Waals surface area contributed by atoms with E-state index in [9.17, 15) is 0 Å². The van der Waals surface area contributed by atoms with Crippen molar-refractivity contribution in [3.05, 3.63) is 23.9 Å². The summed E-state index contributed by atoms with van der Waals surface area (Å²) in [6.07, 6.45) is 4.40. The summed E-state index contributed by atoms with van der Waals surface area (Å²) in [5.74, 6) is 1.05. The molecule has 0 bridgehead atoms. The standard InChI is InChI=1S/C11H17N3/c1-8(12)10-4-3-7-13-11(10)14(2)9-5-6-9/h3-4,7-9H,5-6,12H2,1-2H3/t8-/m1/s1. The molecule has 0 aliphatic heterocycles. The molecule has 1 saturated carbocycles. The van der Waals surface area contributed by atoms with Crippen LogP contribution in [0.15, 0.2) is 18.3 Å². The highest BCUT2D eigenvalue weighted by Crippen LogP contribution is 2.32. The second-order valence-electron chi connectivity index (χ2n) is 4.05. The lowest BCUT2D eigenvalue weighted by atomic mass is 10.1. The molecule has 1 aromatic heterocycles. The molecule has 1 heterocycles. The van der Waals surface area contributed by atoms with E-state index < -0.39 is 0 Å². The molecule has 1 atom stereocenters. The Bertz CT molecular complexity index is 318. The van der Waals surface area contributed by atoms with Crippen LogP contribution in [0.25, 0.3) is 0 Å². The van der Waals surface area contributed by atoms with Crippen LogP contribution in [-0.2, 0) is 0 Å². The monoisotopic (exact) mass is 191 g/mol. The van der Waals surface area contributed by atoms with E-state index >= 15 is 0 Å². The summed E-state index contributed by atoms with van der Waals surface area (Å²) in [6, 6.07) is 4.75. The first kappa shape index (κ1) is 9.46. The van der Waals surface area contributed by atoms with Crippen molar-refractivity contribution in [3.8, 4) is 0 Å². The first-order valence-electron chi connectivity index (χ1n) is 5.13. The lowest BCUT2D eigenvalue weighted by molar-refractivity contribution is 0.787. The largest absolute Gasteiger partial charge is 0.356 e. The summed E-state index contributed by atoms with van der Waals surface area (Å²) in [5.41, 5.74) is 7.05. The molecule has 0 saturated heterocycles. The molecule has 3 heteroatoms. The molecule has 2 rings (SSSR count). The second kappa shape index (κ2) is 3.58. The third-order valence-electron chi connectivity index (χ3n) is 2.74. The van der Waals surface area contributed by atoms with Gasteiger partial charge >= 0.3 is 0 Å². The summed E-state index contributed by atoms with van der Waals surface area (Å²) < 4.78 is 0. The highest BCUT2D eigenvalue weighted by atomic mass is 15.2. The summed E-state index contributed by atoms with van der Waals surface area (Å²) in [7, 11) is 2.10. The Kier molecular flexibility index (Phi) is 2.42. The predicted molar refractivity (Wildman–Crippen MR) is 58.3 cm³/mol. The summed E-state index contributed by atoms with van der Waals surface area (Å²) in [4.78, 5) is 6.66. The number of anilines is 1. The van der Waals surface area contributed by atoms with Crippen LogP contribution < -0.4 is 10.6 Å². The third kappa shape index (κ3) is 1.73. The highest BCUT2D eigenvalue weighted by molar-refractivity contribution is 5.49. The molecule has 1 fully saturated rings. The van der Waals surface area contributed by atoms with Gasteiger partial charge in [-0.15, -0.1) is 0 Å². The summed E-state index contributed by atoms with van der Waals surface area (Å²) in [6.45, 7) is 2.00. The van der Waals surface area contributed by atoms with Gasteiger partial charge in [0.25, 0.3) is 0 Å². The third-order valence-corrected chi connectivity index (χ3v) is 2.74. The van der Waals surface area contributed by atoms with Crippen molar-refractivity contribution in [2.24, 2.45) is 5.73 Å². The molecule has 3 nitrogen and oxygen atoms in total. The van der Waals surface area contributed by atoms with Crippen molar-refractivity contribution in [3.63, 3.8) is 0 Å². The fourth-order valence-corrected chi connectivity index (χ4v) is 1.69. The van der Waals surface area contributed by atoms with E-state index in [2.05, 4.69) is 23.0 Å². The predicted octanol–water partition coefficient (Wildman–Crippen LogP) is 1.70. The molecule has 1 aromatic rings. The zero-order valence-corrected chi connectivity index (χ0v) is 8.77. The molecular weight excluding hydrogens is 174 g/mol. The Labute approximate surface area is 84.9 Å². The number of hydrogen-bond acceptors (Lipinski definition) is 3. The SMILES string of the molecule is C[C@@H](N)c1cccnc1N(C)C1CC1. The van der Waals surface area contributed by atoms with Crippen molar-refractivity contribution in [2.75, 3.05) is 11.9 Å². The van der Waals surface area contributed by atoms with Crippen LogP contribution in [-0.4, -0.2) is 18.1 Å². The zero-order valence-electron chi connectivity index (χ0n) is 8.77. The van der Waals surface area contributed by atoms with Gasteiger partial charge in [0.15, 0.2) is 0 Å². The Balaban J connectivity index is 2.30. The van der Waals surface area contributed by atoms with Gasteiger partial charge in [0, 0.05) is 30.9 Å². The molecule has 0 spiro atoms. The Morgan fingerprint density at radius 1 is 1.57 bits per heavy atom. The Hall–Kier alpha value is -1.09. The van der Waals surface area contributed by atoms with Gasteiger partial charge in [-0.05, 0) is 25.8 Å². The van der Waals surface area contributed by atoms with Crippen molar-refractivity contribution >= 4 is 5.82 Å². The topological polar surface area (TPSA) is 42.1 Å². The van der Waals surface area contributed by atoms with Crippen LogP contribution in [0.2, 0.25) is 0 Å². The highest BCUT2D eigenvalue weighted by Gasteiger charge is 2.28. The van der Waals surface area contributed by atoms with Crippen LogP contribution in [0.1, 0.15) is 31.4 Å². The number of pyridine rings is 1. The quantitative estimate of drug-likeness (QED) is 0.790. The maximum atomic E-state index is 5.91. The second-order valence-corrected chi connectivity index (χ2v) is 4.05. The average Bonchev–Trinajstić information content (AvgIpc) is 3.00. The van der Waals surface area contributed by atoms with Crippen molar-refractivity contribution in [1.82, 2.24) is 4.98 Å². The van der Waals surface area contributed by atoms with E-state index in [1.54, 1.807) is 0 Å². The van der Waals surface area contributed by atoms with Gasteiger partial charge in [-0.3, -0.25) is 0 Å². The zero-order chi connectivity index (χ0) is 10.1. The number of rotatable bonds is 3. The van der Waals surface area contributed by atoms with Gasteiger partial charge in [0.2, 0.25) is 0 Å². The minimum absolute atomic E-state index is 0.0555. The fourth-order valence-electron chi connectivity index (χ4n) is 1.69. The van der Waals surface area contributed by atoms with Crippen LogP contribution in [0, 0.1) is 0 Å². The first-order valence-corrected chi connectivity index (χ1v) is 5.13. The van der Waals surface area contributed by atoms with E-state index in [4.69, 9.17) is 5.73 Å². The van der Waals surface area contributed by atoms with Gasteiger partial charge in [0.05, 0.1) is 0 Å². The van der Waals surface area contributed by atoms with E-state index in [-0.39, 0.29) is 6.04 Å². The summed E-state index contributed by atoms with van der Waals surface area (Å²) >= 11 is 0. The van der Waals surface area contributed by atoms with Crippen LogP contribution in [0.5, 0.6) is 0 Å². The number of nitrogens with two attached hydrogens (primary N) is 1. The van der Waals surface area contributed by atoms with Gasteiger partial charge < -0.3 is 10.6 Å². The van der Waals surface area contributed by atoms with Crippen LogP contribution >= 0.6 is 0 Å². The molecule has 0 radical (unpaired) electrons. The summed E-state index contributed by atoms with van der Waals surface area (Å²) in [5, 5.41) is 0. The van der Waals surface area contributed by atoms with E-state index in [1.165, 1.54) is 12.8 Å². The Morgan fingerprint density at radius 2 is 2.29 bits per heavy atom. The number of aromatic nitrogens is 1. The molecule has 76 valence electrons. The molecule has 1 aliphatic carbocycles. The minimum atomic E-state index is 0.0555. The van der Waals surface area contributed by atoms with E-state index in [0.29, 0.717) is 6.04 Å². The fraction of sp³-hybridized carbons (Fsp3) is 0.545. The van der Waals surface area contributed by atoms with Gasteiger partial charge in [-0.25, -0.2) is 4.98 Å². The molecule has 14 heavy (non-hydrogen) atoms. The molecule has 0 amide bonds. The van der Waals surface area contributed by atoms with Gasteiger partial charge in [-0.2, -0.15) is 0 Å². The Morgan fingerprint density at radius 3 is 2.86 bits per heavy atom. The smallest absolute Gasteiger partial charge is 0.133 e. The molecule has 1 aliphatic rings. The molecule has 0 unspecified atom stereocenters. The maximum Gasteiger partial charge on any atom is 0.133 e. The molecule has 0 aromatic carbocycles. The van der Waals surface area contributed by atoms with Crippen LogP contribution in [0.3, 0.4) is 0 Å². The number of hydrogen-bond donors (Lipinski definition) is 1. The number of nitrogens with zero attached hydrogens (tertiary/aromatic N) is 2. The van der Waals surface area contributed by atoms with E-state index in [0.717, 1.165) is 11.4 Å². The minimum Gasteiger partial charge on any atom is -0.356 e.